The first-order chi connectivity index (χ1) is 26.3. The van der Waals surface area contributed by atoms with Crippen LogP contribution in [0.3, 0.4) is 0 Å². The molecule has 17 heteroatoms. The first-order valence-corrected chi connectivity index (χ1v) is 22.5. The molecule has 0 unspecified atom stereocenters. The highest BCUT2D eigenvalue weighted by Gasteiger charge is 2.36. The smallest absolute Gasteiger partial charge is 0.307 e. The number of hydrogen-bond acceptors (Lipinski definition) is 8. The highest BCUT2D eigenvalue weighted by molar-refractivity contribution is 7.91. The second-order valence-electron chi connectivity index (χ2n) is 15.9. The molecule has 1 aromatic heterocycles. The lowest BCUT2D eigenvalue weighted by atomic mass is 9.91. The maximum absolute atomic E-state index is 13.5. The van der Waals surface area contributed by atoms with Crippen molar-refractivity contribution in [2.24, 2.45) is 0 Å². The van der Waals surface area contributed by atoms with Crippen LogP contribution in [0, 0.1) is 0 Å². The summed E-state index contributed by atoms with van der Waals surface area (Å²) in [5.41, 5.74) is 12.3. The van der Waals surface area contributed by atoms with Crippen LogP contribution < -0.4 is 24.8 Å². The van der Waals surface area contributed by atoms with Gasteiger partial charge in [0.05, 0.1) is 11.9 Å². The SMILES string of the molecule is CC(C)n1cc(NS(=O)(=O)NC(=O)Nc2c3c(c(CN4CC[C@@H](N(C)S(=O)(=O)NC(=O)Nc5c6c(cc7c5CCC7)CCC6)C4)c4c2CCC4)CCC3)cn1. The van der Waals surface area contributed by atoms with Gasteiger partial charge in [-0.3, -0.25) is 14.3 Å². The third kappa shape index (κ3) is 7.55. The molecule has 1 atom stereocenters. The largest absolute Gasteiger partial charge is 0.334 e. The quantitative estimate of drug-likeness (QED) is 0.188. The third-order valence-electron chi connectivity index (χ3n) is 12.1. The fraction of sp³-hybridized carbons (Fsp3) is 0.553. The van der Waals surface area contributed by atoms with Crippen molar-refractivity contribution >= 4 is 49.5 Å². The van der Waals surface area contributed by atoms with Crippen LogP contribution >= 0.6 is 0 Å². The molecule has 8 rings (SSSR count). The van der Waals surface area contributed by atoms with Gasteiger partial charge in [0.2, 0.25) is 0 Å². The molecule has 55 heavy (non-hydrogen) atoms. The summed E-state index contributed by atoms with van der Waals surface area (Å²) in [6, 6.07) is 0.463. The molecular weight excluding hydrogens is 743 g/mol. The van der Waals surface area contributed by atoms with Crippen LogP contribution in [0.5, 0.6) is 0 Å². The average molecular weight is 794 g/mol. The molecule has 0 saturated carbocycles. The minimum Gasteiger partial charge on any atom is -0.307 e. The van der Waals surface area contributed by atoms with E-state index in [1.807, 2.05) is 13.8 Å². The Labute approximate surface area is 323 Å². The number of benzene rings is 2. The number of nitrogens with zero attached hydrogens (tertiary/aromatic N) is 4. The Morgan fingerprint density at radius 3 is 1.95 bits per heavy atom. The van der Waals surface area contributed by atoms with Crippen molar-refractivity contribution in [3.8, 4) is 0 Å². The minimum atomic E-state index is -4.21. The fourth-order valence-corrected chi connectivity index (χ4v) is 11.2. The predicted octanol–water partition coefficient (Wildman–Crippen LogP) is 4.47. The number of carbonyl (C=O) groups excluding carboxylic acids is 2. The monoisotopic (exact) mass is 793 g/mol. The number of fused-ring (bicyclic) bond motifs is 4. The van der Waals surface area contributed by atoms with E-state index in [2.05, 4.69) is 40.9 Å². The molecule has 0 spiro atoms. The number of anilines is 3. The molecule has 1 saturated heterocycles. The van der Waals surface area contributed by atoms with Crippen LogP contribution in [0.4, 0.5) is 26.7 Å². The summed E-state index contributed by atoms with van der Waals surface area (Å²) in [5, 5.41) is 9.99. The molecule has 1 fully saturated rings. The molecule has 4 aliphatic carbocycles. The van der Waals surface area contributed by atoms with E-state index >= 15 is 0 Å². The number of urea groups is 2. The topological polar surface area (TPSA) is 187 Å². The molecular formula is C38H51N9O6S2. The Hall–Kier alpha value is -4.19. The van der Waals surface area contributed by atoms with E-state index in [0.29, 0.717) is 31.7 Å². The van der Waals surface area contributed by atoms with E-state index in [4.69, 9.17) is 0 Å². The fourth-order valence-electron chi connectivity index (χ4n) is 9.49. The first-order valence-electron chi connectivity index (χ1n) is 19.6. The Morgan fingerprint density at radius 2 is 1.35 bits per heavy atom. The van der Waals surface area contributed by atoms with Gasteiger partial charge in [0, 0.05) is 56.3 Å². The zero-order valence-corrected chi connectivity index (χ0v) is 33.4. The van der Waals surface area contributed by atoms with Crippen molar-refractivity contribution in [3.05, 3.63) is 68.5 Å². The number of carbonyl (C=O) groups is 2. The Morgan fingerprint density at radius 1 is 0.800 bits per heavy atom. The zero-order valence-electron chi connectivity index (χ0n) is 31.8. The second-order valence-corrected chi connectivity index (χ2v) is 19.1. The van der Waals surface area contributed by atoms with Gasteiger partial charge in [-0.2, -0.15) is 26.2 Å². The molecule has 0 radical (unpaired) electrons. The normalized spacial score (nSPS) is 19.0. The zero-order chi connectivity index (χ0) is 38.6. The summed E-state index contributed by atoms with van der Waals surface area (Å²) in [6.45, 7) is 5.73. The first kappa shape index (κ1) is 37.7. The summed E-state index contributed by atoms with van der Waals surface area (Å²) in [4.78, 5) is 28.7. The van der Waals surface area contributed by atoms with Crippen LogP contribution in [-0.2, 0) is 78.3 Å². The Bertz CT molecular complexity index is 2200. The van der Waals surface area contributed by atoms with Gasteiger partial charge in [0.1, 0.15) is 0 Å². The van der Waals surface area contributed by atoms with Crippen LogP contribution in [0.2, 0.25) is 0 Å². The van der Waals surface area contributed by atoms with Gasteiger partial charge in [-0.05, 0) is 147 Å². The highest BCUT2D eigenvalue weighted by Crippen LogP contribution is 2.43. The summed E-state index contributed by atoms with van der Waals surface area (Å²) in [6.07, 6.45) is 14.5. The molecule has 5 N–H and O–H groups in total. The van der Waals surface area contributed by atoms with E-state index in [0.717, 1.165) is 105 Å². The molecule has 2 heterocycles. The highest BCUT2D eigenvalue weighted by atomic mass is 32.2. The molecule has 3 aromatic rings. The summed E-state index contributed by atoms with van der Waals surface area (Å²) < 4.78 is 62.4. The van der Waals surface area contributed by atoms with Gasteiger partial charge in [-0.25, -0.2) is 19.0 Å². The van der Waals surface area contributed by atoms with Crippen molar-refractivity contribution in [1.82, 2.24) is 28.4 Å². The minimum absolute atomic E-state index is 0.0502. The van der Waals surface area contributed by atoms with E-state index in [9.17, 15) is 26.4 Å². The van der Waals surface area contributed by atoms with Gasteiger partial charge < -0.3 is 10.6 Å². The number of aryl methyl sites for hydroxylation is 2. The molecule has 0 bridgehead atoms. The molecule has 2 aromatic carbocycles. The molecule has 5 aliphatic rings. The standard InChI is InChI=1S/C38H51N9O6S2/c1-23(2)47-20-26(19-39-47)42-54(50,51)43-37(48)41-36-32-14-6-12-30(32)34(31-13-7-15-33(31)36)22-46-17-16-27(21-46)45(3)55(52,53)44-38(49)40-35-28-10-4-8-24(28)18-25-9-5-11-29(25)35/h18-20,23,27,42H,4-17,21-22H2,1-3H3,(H2,40,44,49)(H2,41,43,48)/t27-/m1/s1. The van der Waals surface area contributed by atoms with E-state index in [1.165, 1.54) is 45.4 Å². The van der Waals surface area contributed by atoms with Crippen molar-refractivity contribution < 1.29 is 26.4 Å². The number of nitrogens with one attached hydrogen (secondary N) is 5. The van der Waals surface area contributed by atoms with Crippen molar-refractivity contribution in [3.63, 3.8) is 0 Å². The second kappa shape index (κ2) is 14.7. The van der Waals surface area contributed by atoms with Crippen molar-refractivity contribution in [1.29, 1.82) is 0 Å². The van der Waals surface area contributed by atoms with Gasteiger partial charge in [0.25, 0.3) is 0 Å². The lowest BCUT2D eigenvalue weighted by Crippen LogP contribution is -2.48. The number of amides is 4. The van der Waals surface area contributed by atoms with Crippen LogP contribution in [0.15, 0.2) is 18.5 Å². The van der Waals surface area contributed by atoms with E-state index in [-0.39, 0.29) is 17.8 Å². The maximum Gasteiger partial charge on any atom is 0.334 e. The number of likely N-dealkylation sites (tertiary alicyclic amines) is 1. The summed E-state index contributed by atoms with van der Waals surface area (Å²) in [7, 11) is -6.78. The lowest BCUT2D eigenvalue weighted by Gasteiger charge is -2.26. The molecule has 296 valence electrons. The lowest BCUT2D eigenvalue weighted by molar-refractivity contribution is 0.254. The maximum atomic E-state index is 13.5. The van der Waals surface area contributed by atoms with Crippen LogP contribution in [-0.4, -0.2) is 74.1 Å². The molecule has 4 amide bonds. The van der Waals surface area contributed by atoms with Crippen molar-refractivity contribution in [2.45, 2.75) is 116 Å². The van der Waals surface area contributed by atoms with E-state index < -0.39 is 32.5 Å². The number of rotatable bonds is 11. The van der Waals surface area contributed by atoms with Crippen LogP contribution in [0.25, 0.3) is 0 Å². The predicted molar refractivity (Wildman–Crippen MR) is 211 cm³/mol. The van der Waals surface area contributed by atoms with Gasteiger partial charge in [-0.1, -0.05) is 6.07 Å². The average Bonchev–Trinajstić information content (AvgIpc) is 3.97. The van der Waals surface area contributed by atoms with Crippen LogP contribution in [0.1, 0.15) is 102 Å². The van der Waals surface area contributed by atoms with Gasteiger partial charge >= 0.3 is 32.5 Å². The Kier molecular flexibility index (Phi) is 10.1. The van der Waals surface area contributed by atoms with Gasteiger partial charge in [-0.15, -0.1) is 0 Å². The van der Waals surface area contributed by atoms with Crippen molar-refractivity contribution in [2.75, 3.05) is 35.5 Å². The summed E-state index contributed by atoms with van der Waals surface area (Å²) >= 11 is 0. The molecule has 15 nitrogen and oxygen atoms in total. The number of hydrogen-bond donors (Lipinski definition) is 5. The summed E-state index contributed by atoms with van der Waals surface area (Å²) in [5.74, 6) is 0. The third-order valence-corrected chi connectivity index (χ3v) is 14.5. The number of likely N-dealkylation sites (N-methyl/N-ethyl adjacent to an activating group) is 1. The van der Waals surface area contributed by atoms with E-state index in [1.54, 1.807) is 10.9 Å². The Balaban J connectivity index is 0.922. The number of aromatic nitrogens is 2. The van der Waals surface area contributed by atoms with Gasteiger partial charge in [0.15, 0.2) is 0 Å². The molecule has 1 aliphatic heterocycles.